The van der Waals surface area contributed by atoms with Crippen molar-refractivity contribution in [2.24, 2.45) is 0 Å². The molecule has 1 unspecified atom stereocenters. The van der Waals surface area contributed by atoms with E-state index in [0.717, 1.165) is 31.4 Å². The van der Waals surface area contributed by atoms with Crippen LogP contribution in [0.3, 0.4) is 0 Å². The molecule has 0 aromatic heterocycles. The number of rotatable bonds is 10. The average Bonchev–Trinajstić information content (AvgIpc) is 2.46. The van der Waals surface area contributed by atoms with Crippen molar-refractivity contribution in [3.8, 4) is 5.75 Å². The maximum Gasteiger partial charge on any atom is 0.165 e. The lowest BCUT2D eigenvalue weighted by molar-refractivity contribution is 0.290. The van der Waals surface area contributed by atoms with Crippen LogP contribution in [-0.4, -0.2) is 13.2 Å². The molecule has 1 atom stereocenters. The van der Waals surface area contributed by atoms with Gasteiger partial charge in [0.1, 0.15) is 0 Å². The number of hydrogen-bond acceptors (Lipinski definition) is 2. The highest BCUT2D eigenvalue weighted by Crippen LogP contribution is 2.22. The first-order chi connectivity index (χ1) is 9.69. The molecule has 3 heteroatoms. The van der Waals surface area contributed by atoms with Gasteiger partial charge in [0.05, 0.1) is 6.61 Å². The van der Waals surface area contributed by atoms with Crippen LogP contribution in [0.2, 0.25) is 0 Å². The Morgan fingerprint density at radius 3 is 2.60 bits per heavy atom. The molecular weight excluding hydrogens is 253 g/mol. The second-order valence-electron chi connectivity index (χ2n) is 5.27. The molecule has 20 heavy (non-hydrogen) atoms. The summed E-state index contributed by atoms with van der Waals surface area (Å²) in [5, 5.41) is 3.35. The fourth-order valence-electron chi connectivity index (χ4n) is 2.09. The van der Waals surface area contributed by atoms with E-state index in [1.54, 1.807) is 12.1 Å². The molecule has 0 aliphatic carbocycles. The molecule has 114 valence electrons. The Balaban J connectivity index is 2.46. The van der Waals surface area contributed by atoms with Gasteiger partial charge in [-0.05, 0) is 44.0 Å². The highest BCUT2D eigenvalue weighted by Gasteiger charge is 2.09. The van der Waals surface area contributed by atoms with Crippen molar-refractivity contribution >= 4 is 0 Å². The molecule has 0 aliphatic heterocycles. The van der Waals surface area contributed by atoms with Gasteiger partial charge in [-0.15, -0.1) is 0 Å². The molecule has 0 spiro atoms. The Labute approximate surface area is 122 Å². The zero-order valence-electron chi connectivity index (χ0n) is 13.0. The molecule has 0 fully saturated rings. The minimum atomic E-state index is -0.261. The number of hydrogen-bond donors (Lipinski definition) is 1. The van der Waals surface area contributed by atoms with Crippen LogP contribution < -0.4 is 10.1 Å². The van der Waals surface area contributed by atoms with E-state index in [9.17, 15) is 4.39 Å². The summed E-state index contributed by atoms with van der Waals surface area (Å²) in [4.78, 5) is 0. The van der Waals surface area contributed by atoms with Gasteiger partial charge >= 0.3 is 0 Å². The lowest BCUT2D eigenvalue weighted by Crippen LogP contribution is -2.19. The topological polar surface area (TPSA) is 21.3 Å². The Morgan fingerprint density at radius 2 is 1.95 bits per heavy atom. The molecule has 1 aromatic rings. The zero-order valence-corrected chi connectivity index (χ0v) is 13.0. The Bertz CT molecular complexity index is 381. The van der Waals surface area contributed by atoms with E-state index in [2.05, 4.69) is 26.1 Å². The minimum Gasteiger partial charge on any atom is -0.491 e. The largest absolute Gasteiger partial charge is 0.491 e. The van der Waals surface area contributed by atoms with Crippen LogP contribution in [0.5, 0.6) is 5.75 Å². The monoisotopic (exact) mass is 281 g/mol. The summed E-state index contributed by atoms with van der Waals surface area (Å²) in [6, 6.07) is 5.43. The molecule has 0 saturated heterocycles. The van der Waals surface area contributed by atoms with E-state index in [1.165, 1.54) is 12.8 Å². The Kier molecular flexibility index (Phi) is 8.28. The van der Waals surface area contributed by atoms with Gasteiger partial charge in [-0.3, -0.25) is 0 Å². The molecule has 0 heterocycles. The van der Waals surface area contributed by atoms with Gasteiger partial charge in [-0.2, -0.15) is 0 Å². The number of nitrogens with one attached hydrogen (secondary N) is 1. The molecule has 0 radical (unpaired) electrons. The van der Waals surface area contributed by atoms with E-state index in [-0.39, 0.29) is 11.9 Å². The number of unbranched alkanes of at least 4 members (excludes halogenated alkanes) is 3. The van der Waals surface area contributed by atoms with E-state index in [4.69, 9.17) is 4.74 Å². The van der Waals surface area contributed by atoms with E-state index in [0.29, 0.717) is 12.4 Å². The van der Waals surface area contributed by atoms with Crippen LogP contribution >= 0.6 is 0 Å². The first-order valence-electron chi connectivity index (χ1n) is 7.84. The summed E-state index contributed by atoms with van der Waals surface area (Å²) < 4.78 is 19.5. The SMILES string of the molecule is CCCCCCOc1ccc(C(C)NCCC)cc1F. The third kappa shape index (κ3) is 5.91. The second-order valence-corrected chi connectivity index (χ2v) is 5.27. The zero-order chi connectivity index (χ0) is 14.8. The molecule has 1 N–H and O–H groups in total. The lowest BCUT2D eigenvalue weighted by atomic mass is 10.1. The quantitative estimate of drug-likeness (QED) is 0.619. The number of benzene rings is 1. The maximum atomic E-state index is 14.0. The molecule has 0 saturated carbocycles. The van der Waals surface area contributed by atoms with Gasteiger partial charge in [0.25, 0.3) is 0 Å². The highest BCUT2D eigenvalue weighted by atomic mass is 19.1. The summed E-state index contributed by atoms with van der Waals surface area (Å²) in [5.74, 6) is 0.107. The fourth-order valence-corrected chi connectivity index (χ4v) is 2.09. The van der Waals surface area contributed by atoms with Gasteiger partial charge in [0, 0.05) is 6.04 Å². The first-order valence-corrected chi connectivity index (χ1v) is 7.84. The number of ether oxygens (including phenoxy) is 1. The second kappa shape index (κ2) is 9.76. The van der Waals surface area contributed by atoms with Gasteiger partial charge in [0.2, 0.25) is 0 Å². The third-order valence-corrected chi connectivity index (χ3v) is 3.41. The van der Waals surface area contributed by atoms with Crippen LogP contribution in [0.4, 0.5) is 4.39 Å². The summed E-state index contributed by atoms with van der Waals surface area (Å²) in [6.45, 7) is 7.89. The van der Waals surface area contributed by atoms with Crippen molar-refractivity contribution in [3.05, 3.63) is 29.6 Å². The molecule has 0 aliphatic rings. The molecule has 0 bridgehead atoms. The lowest BCUT2D eigenvalue weighted by Gasteiger charge is -2.15. The molecule has 1 rings (SSSR count). The molecule has 2 nitrogen and oxygen atoms in total. The van der Waals surface area contributed by atoms with Gasteiger partial charge in [-0.1, -0.05) is 39.2 Å². The summed E-state index contributed by atoms with van der Waals surface area (Å²) in [7, 11) is 0. The number of halogens is 1. The first kappa shape index (κ1) is 17.0. The van der Waals surface area contributed by atoms with Crippen molar-refractivity contribution in [3.63, 3.8) is 0 Å². The van der Waals surface area contributed by atoms with Crippen molar-refractivity contribution < 1.29 is 9.13 Å². The normalized spacial score (nSPS) is 12.4. The summed E-state index contributed by atoms with van der Waals surface area (Å²) in [6.07, 6.45) is 5.63. The molecule has 1 aromatic carbocycles. The van der Waals surface area contributed by atoms with Gasteiger partial charge in [-0.25, -0.2) is 4.39 Å². The minimum absolute atomic E-state index is 0.169. The fraction of sp³-hybridized carbons (Fsp3) is 0.647. The summed E-state index contributed by atoms with van der Waals surface area (Å²) in [5.41, 5.74) is 0.967. The van der Waals surface area contributed by atoms with Crippen molar-refractivity contribution in [1.82, 2.24) is 5.32 Å². The van der Waals surface area contributed by atoms with Crippen LogP contribution in [-0.2, 0) is 0 Å². The van der Waals surface area contributed by atoms with Crippen LogP contribution in [0.25, 0.3) is 0 Å². The highest BCUT2D eigenvalue weighted by molar-refractivity contribution is 5.30. The summed E-state index contributed by atoms with van der Waals surface area (Å²) >= 11 is 0. The Morgan fingerprint density at radius 1 is 1.15 bits per heavy atom. The van der Waals surface area contributed by atoms with Gasteiger partial charge in [0.15, 0.2) is 11.6 Å². The van der Waals surface area contributed by atoms with E-state index >= 15 is 0 Å². The Hall–Kier alpha value is -1.09. The standard InChI is InChI=1S/C17H28FNO/c1-4-6-7-8-12-20-17-10-9-15(13-16(17)18)14(3)19-11-5-2/h9-10,13-14,19H,4-8,11-12H2,1-3H3. The molecule has 0 amide bonds. The average molecular weight is 281 g/mol. The van der Waals surface area contributed by atoms with E-state index in [1.807, 2.05) is 6.07 Å². The van der Waals surface area contributed by atoms with Crippen LogP contribution in [0.1, 0.15) is 64.5 Å². The predicted molar refractivity (Wildman–Crippen MR) is 82.7 cm³/mol. The van der Waals surface area contributed by atoms with Gasteiger partial charge < -0.3 is 10.1 Å². The van der Waals surface area contributed by atoms with Crippen LogP contribution in [0.15, 0.2) is 18.2 Å². The van der Waals surface area contributed by atoms with Crippen molar-refractivity contribution in [2.45, 2.75) is 58.9 Å². The van der Waals surface area contributed by atoms with E-state index < -0.39 is 0 Å². The predicted octanol–water partition coefficient (Wildman–Crippen LogP) is 4.85. The van der Waals surface area contributed by atoms with Crippen molar-refractivity contribution in [1.29, 1.82) is 0 Å². The maximum absolute atomic E-state index is 14.0. The third-order valence-electron chi connectivity index (χ3n) is 3.41. The van der Waals surface area contributed by atoms with Crippen LogP contribution in [0, 0.1) is 5.82 Å². The smallest absolute Gasteiger partial charge is 0.165 e. The van der Waals surface area contributed by atoms with Crippen molar-refractivity contribution in [2.75, 3.05) is 13.2 Å². The molecular formula is C17H28FNO.